The maximum Gasteiger partial charge on any atom is 0.0112 e. The summed E-state index contributed by atoms with van der Waals surface area (Å²) in [7, 11) is 0. The third-order valence-electron chi connectivity index (χ3n) is 3.11. The summed E-state index contributed by atoms with van der Waals surface area (Å²) in [5, 5.41) is 3.38. The van der Waals surface area contributed by atoms with Gasteiger partial charge in [0, 0.05) is 38.3 Å². The summed E-state index contributed by atoms with van der Waals surface area (Å²) in [6, 6.07) is 1.27. The zero-order valence-corrected chi connectivity index (χ0v) is 7.63. The maximum absolute atomic E-state index is 5.89. The molecular formula is C9H19N3. The highest BCUT2D eigenvalue weighted by molar-refractivity contribution is 4.86. The minimum absolute atomic E-state index is 0.477. The van der Waals surface area contributed by atoms with Crippen molar-refractivity contribution in [2.75, 3.05) is 26.2 Å². The van der Waals surface area contributed by atoms with Crippen molar-refractivity contribution in [1.29, 1.82) is 0 Å². The van der Waals surface area contributed by atoms with Gasteiger partial charge in [0.2, 0.25) is 0 Å². The fraction of sp³-hybridized carbons (Fsp3) is 1.00. The smallest absolute Gasteiger partial charge is 0.0112 e. The summed E-state index contributed by atoms with van der Waals surface area (Å²) in [6.07, 6.45) is 3.77. The lowest BCUT2D eigenvalue weighted by Crippen LogP contribution is -2.47. The molecule has 2 fully saturated rings. The second-order valence-corrected chi connectivity index (χ2v) is 4.01. The highest BCUT2D eigenvalue weighted by Crippen LogP contribution is 2.22. The SMILES string of the molecule is NC1CCC(N2CCNCC2)C1. The van der Waals surface area contributed by atoms with Crippen molar-refractivity contribution in [1.82, 2.24) is 10.2 Å². The molecule has 1 saturated carbocycles. The monoisotopic (exact) mass is 169 g/mol. The van der Waals surface area contributed by atoms with Crippen LogP contribution in [0.25, 0.3) is 0 Å². The van der Waals surface area contributed by atoms with E-state index in [2.05, 4.69) is 10.2 Å². The van der Waals surface area contributed by atoms with Crippen LogP contribution in [0.3, 0.4) is 0 Å². The van der Waals surface area contributed by atoms with Crippen LogP contribution in [0.5, 0.6) is 0 Å². The van der Waals surface area contributed by atoms with Gasteiger partial charge in [-0.05, 0) is 19.3 Å². The van der Waals surface area contributed by atoms with E-state index in [0.717, 1.165) is 19.1 Å². The van der Waals surface area contributed by atoms with Gasteiger partial charge in [-0.25, -0.2) is 0 Å². The lowest BCUT2D eigenvalue weighted by atomic mass is 10.2. The van der Waals surface area contributed by atoms with Crippen LogP contribution in [0.2, 0.25) is 0 Å². The molecule has 1 aliphatic carbocycles. The van der Waals surface area contributed by atoms with Crippen LogP contribution in [0.1, 0.15) is 19.3 Å². The molecule has 12 heavy (non-hydrogen) atoms. The van der Waals surface area contributed by atoms with Crippen molar-refractivity contribution in [3.05, 3.63) is 0 Å². The van der Waals surface area contributed by atoms with Gasteiger partial charge in [0.15, 0.2) is 0 Å². The molecule has 0 aromatic heterocycles. The Morgan fingerprint density at radius 3 is 2.50 bits per heavy atom. The number of nitrogens with zero attached hydrogens (tertiary/aromatic N) is 1. The Bertz CT molecular complexity index is 140. The molecule has 0 amide bonds. The topological polar surface area (TPSA) is 41.3 Å². The first-order valence-corrected chi connectivity index (χ1v) is 5.06. The van der Waals surface area contributed by atoms with Crippen molar-refractivity contribution < 1.29 is 0 Å². The molecule has 3 nitrogen and oxygen atoms in total. The van der Waals surface area contributed by atoms with Gasteiger partial charge in [0.05, 0.1) is 0 Å². The Kier molecular flexibility index (Phi) is 2.63. The normalized spacial score (nSPS) is 38.8. The molecule has 2 unspecified atom stereocenters. The van der Waals surface area contributed by atoms with Crippen molar-refractivity contribution in [2.45, 2.75) is 31.3 Å². The minimum Gasteiger partial charge on any atom is -0.328 e. The molecule has 2 atom stereocenters. The molecule has 3 heteroatoms. The quantitative estimate of drug-likeness (QED) is 0.570. The Morgan fingerprint density at radius 2 is 1.92 bits per heavy atom. The van der Waals surface area contributed by atoms with Gasteiger partial charge in [-0.1, -0.05) is 0 Å². The molecule has 1 aliphatic heterocycles. The third kappa shape index (κ3) is 1.79. The number of piperazine rings is 1. The average molecular weight is 169 g/mol. The lowest BCUT2D eigenvalue weighted by Gasteiger charge is -2.32. The van der Waals surface area contributed by atoms with E-state index >= 15 is 0 Å². The average Bonchev–Trinajstić information content (AvgIpc) is 2.54. The summed E-state index contributed by atoms with van der Waals surface area (Å²) < 4.78 is 0. The highest BCUT2D eigenvalue weighted by atomic mass is 15.2. The van der Waals surface area contributed by atoms with Gasteiger partial charge in [0.25, 0.3) is 0 Å². The van der Waals surface area contributed by atoms with E-state index in [-0.39, 0.29) is 0 Å². The van der Waals surface area contributed by atoms with Crippen molar-refractivity contribution in [2.24, 2.45) is 5.73 Å². The van der Waals surface area contributed by atoms with Gasteiger partial charge in [0.1, 0.15) is 0 Å². The third-order valence-corrected chi connectivity index (χ3v) is 3.11. The van der Waals surface area contributed by atoms with Crippen LogP contribution in [-0.2, 0) is 0 Å². The van der Waals surface area contributed by atoms with E-state index in [9.17, 15) is 0 Å². The predicted molar refractivity (Wildman–Crippen MR) is 50.1 cm³/mol. The Balaban J connectivity index is 1.83. The maximum atomic E-state index is 5.89. The predicted octanol–water partition coefficient (Wildman–Crippen LogP) is -0.229. The molecule has 1 heterocycles. The number of hydrogen-bond acceptors (Lipinski definition) is 3. The summed E-state index contributed by atoms with van der Waals surface area (Å²) in [5.41, 5.74) is 5.89. The van der Waals surface area contributed by atoms with Crippen LogP contribution in [0.4, 0.5) is 0 Å². The van der Waals surface area contributed by atoms with Gasteiger partial charge >= 0.3 is 0 Å². The number of nitrogens with two attached hydrogens (primary N) is 1. The lowest BCUT2D eigenvalue weighted by molar-refractivity contribution is 0.174. The first kappa shape index (κ1) is 8.48. The fourth-order valence-corrected chi connectivity index (χ4v) is 2.37. The second kappa shape index (κ2) is 3.73. The summed E-state index contributed by atoms with van der Waals surface area (Å²) in [4.78, 5) is 2.60. The van der Waals surface area contributed by atoms with Crippen molar-refractivity contribution >= 4 is 0 Å². The Morgan fingerprint density at radius 1 is 1.17 bits per heavy atom. The first-order valence-electron chi connectivity index (χ1n) is 5.06. The fourth-order valence-electron chi connectivity index (χ4n) is 2.37. The van der Waals surface area contributed by atoms with Crippen LogP contribution >= 0.6 is 0 Å². The zero-order chi connectivity index (χ0) is 8.39. The van der Waals surface area contributed by atoms with E-state index in [0.29, 0.717) is 6.04 Å². The molecule has 0 spiro atoms. The molecule has 2 rings (SSSR count). The molecule has 70 valence electrons. The summed E-state index contributed by atoms with van der Waals surface area (Å²) in [6.45, 7) is 4.76. The minimum atomic E-state index is 0.477. The number of rotatable bonds is 1. The standard InChI is InChI=1S/C9H19N3/c10-8-1-2-9(7-8)12-5-3-11-4-6-12/h8-9,11H,1-7,10H2. The van der Waals surface area contributed by atoms with Crippen LogP contribution in [0, 0.1) is 0 Å². The van der Waals surface area contributed by atoms with E-state index in [1.165, 1.54) is 32.4 Å². The van der Waals surface area contributed by atoms with E-state index in [1.807, 2.05) is 0 Å². The van der Waals surface area contributed by atoms with Crippen molar-refractivity contribution in [3.63, 3.8) is 0 Å². The number of nitrogens with one attached hydrogen (secondary N) is 1. The molecular weight excluding hydrogens is 150 g/mol. The molecule has 0 aromatic carbocycles. The Hall–Kier alpha value is -0.120. The van der Waals surface area contributed by atoms with E-state index in [1.54, 1.807) is 0 Å². The highest BCUT2D eigenvalue weighted by Gasteiger charge is 2.27. The van der Waals surface area contributed by atoms with Crippen LogP contribution < -0.4 is 11.1 Å². The molecule has 0 aromatic rings. The van der Waals surface area contributed by atoms with Gasteiger partial charge < -0.3 is 11.1 Å². The largest absolute Gasteiger partial charge is 0.328 e. The van der Waals surface area contributed by atoms with E-state index in [4.69, 9.17) is 5.73 Å². The summed E-state index contributed by atoms with van der Waals surface area (Å²) in [5.74, 6) is 0. The Labute approximate surface area is 74.3 Å². The first-order chi connectivity index (χ1) is 5.86. The molecule has 2 aliphatic rings. The molecule has 3 N–H and O–H groups in total. The second-order valence-electron chi connectivity index (χ2n) is 4.01. The zero-order valence-electron chi connectivity index (χ0n) is 7.63. The van der Waals surface area contributed by atoms with Gasteiger partial charge in [-0.3, -0.25) is 4.90 Å². The molecule has 1 saturated heterocycles. The van der Waals surface area contributed by atoms with E-state index < -0.39 is 0 Å². The van der Waals surface area contributed by atoms with Gasteiger partial charge in [-0.15, -0.1) is 0 Å². The molecule has 0 radical (unpaired) electrons. The van der Waals surface area contributed by atoms with Gasteiger partial charge in [-0.2, -0.15) is 0 Å². The molecule has 0 bridgehead atoms. The summed E-state index contributed by atoms with van der Waals surface area (Å²) >= 11 is 0. The van der Waals surface area contributed by atoms with Crippen LogP contribution in [0.15, 0.2) is 0 Å². The van der Waals surface area contributed by atoms with Crippen LogP contribution in [-0.4, -0.2) is 43.2 Å². The number of hydrogen-bond donors (Lipinski definition) is 2. The van der Waals surface area contributed by atoms with Crippen molar-refractivity contribution in [3.8, 4) is 0 Å².